The highest BCUT2D eigenvalue weighted by Crippen LogP contribution is 2.41. The van der Waals surface area contributed by atoms with Gasteiger partial charge in [0.25, 0.3) is 0 Å². The van der Waals surface area contributed by atoms with Crippen molar-refractivity contribution in [2.24, 2.45) is 5.73 Å². The van der Waals surface area contributed by atoms with Crippen LogP contribution in [0.15, 0.2) is 60.7 Å². The average molecular weight is 489 g/mol. The smallest absolute Gasteiger partial charge is 0.103 e. The van der Waals surface area contributed by atoms with Crippen LogP contribution in [0.5, 0.6) is 0 Å². The molecule has 4 heteroatoms. The van der Waals surface area contributed by atoms with Gasteiger partial charge in [-0.3, -0.25) is 0 Å². The molecular formula is C27H38BrNO2. The molecule has 0 radical (unpaired) electrons. The number of nitrogens with two attached hydrogens (primary N) is 1. The molecule has 4 unspecified atom stereocenters. The zero-order valence-electron chi connectivity index (χ0n) is 18.8. The van der Waals surface area contributed by atoms with Gasteiger partial charge in [-0.15, -0.1) is 0 Å². The Morgan fingerprint density at radius 2 is 1.39 bits per heavy atom. The second-order valence-corrected chi connectivity index (χ2v) is 9.99. The topological polar surface area (TPSA) is 44.5 Å². The number of halogens is 1. The molecule has 4 atom stereocenters. The van der Waals surface area contributed by atoms with Gasteiger partial charge in [-0.25, -0.2) is 0 Å². The molecule has 0 saturated heterocycles. The number of rotatable bonds is 13. The Morgan fingerprint density at radius 1 is 0.839 bits per heavy atom. The minimum Gasteiger partial charge on any atom is -0.371 e. The van der Waals surface area contributed by atoms with Crippen molar-refractivity contribution in [2.75, 3.05) is 0 Å². The van der Waals surface area contributed by atoms with E-state index in [1.54, 1.807) is 0 Å². The molecule has 0 amide bonds. The molecule has 0 aromatic heterocycles. The Balaban J connectivity index is 1.64. The van der Waals surface area contributed by atoms with Gasteiger partial charge < -0.3 is 15.2 Å². The van der Waals surface area contributed by atoms with E-state index in [2.05, 4.69) is 71.4 Å². The maximum Gasteiger partial charge on any atom is 0.103 e. The van der Waals surface area contributed by atoms with Gasteiger partial charge in [0.2, 0.25) is 0 Å². The third-order valence-corrected chi connectivity index (χ3v) is 7.66. The summed E-state index contributed by atoms with van der Waals surface area (Å²) in [7, 11) is 0. The molecule has 170 valence electrons. The van der Waals surface area contributed by atoms with Crippen molar-refractivity contribution in [1.82, 2.24) is 0 Å². The van der Waals surface area contributed by atoms with Crippen molar-refractivity contribution in [1.29, 1.82) is 0 Å². The first kappa shape index (κ1) is 24.4. The zero-order valence-corrected chi connectivity index (χ0v) is 20.4. The molecule has 0 aliphatic heterocycles. The van der Waals surface area contributed by atoms with Gasteiger partial charge in [0.1, 0.15) is 6.10 Å². The number of alkyl halides is 1. The lowest BCUT2D eigenvalue weighted by Crippen LogP contribution is -2.55. The molecule has 0 bridgehead atoms. The molecule has 31 heavy (non-hydrogen) atoms. The fourth-order valence-electron chi connectivity index (χ4n) is 4.54. The van der Waals surface area contributed by atoms with Crippen molar-refractivity contribution in [2.45, 2.75) is 94.1 Å². The minimum absolute atomic E-state index is 0.0154. The Hall–Kier alpha value is -1.20. The van der Waals surface area contributed by atoms with Crippen LogP contribution in [-0.4, -0.2) is 22.6 Å². The highest BCUT2D eigenvalue weighted by atomic mass is 79.9. The average Bonchev–Trinajstić information content (AvgIpc) is 3.04. The molecule has 1 aliphatic carbocycles. The maximum absolute atomic E-state index is 7.06. The summed E-state index contributed by atoms with van der Waals surface area (Å²) in [6, 6.07) is 20.7. The first-order valence-electron chi connectivity index (χ1n) is 11.9. The molecule has 3 rings (SSSR count). The van der Waals surface area contributed by atoms with Crippen LogP contribution in [0.25, 0.3) is 0 Å². The van der Waals surface area contributed by atoms with Crippen LogP contribution in [0.4, 0.5) is 0 Å². The Kier molecular flexibility index (Phi) is 10.0. The fourth-order valence-corrected chi connectivity index (χ4v) is 5.40. The zero-order chi connectivity index (χ0) is 21.9. The van der Waals surface area contributed by atoms with Crippen LogP contribution < -0.4 is 5.73 Å². The summed E-state index contributed by atoms with van der Waals surface area (Å²) in [5.41, 5.74) is 9.00. The number of hydrogen-bond donors (Lipinski definition) is 1. The lowest BCUT2D eigenvalue weighted by Gasteiger charge is -2.36. The predicted molar refractivity (Wildman–Crippen MR) is 132 cm³/mol. The van der Waals surface area contributed by atoms with E-state index >= 15 is 0 Å². The van der Waals surface area contributed by atoms with E-state index in [4.69, 9.17) is 15.2 Å². The van der Waals surface area contributed by atoms with E-state index in [1.807, 2.05) is 12.1 Å². The van der Waals surface area contributed by atoms with Crippen LogP contribution in [0.2, 0.25) is 0 Å². The number of ether oxygens (including phenoxy) is 2. The molecule has 2 N–H and O–H groups in total. The van der Waals surface area contributed by atoms with E-state index in [-0.39, 0.29) is 17.0 Å². The summed E-state index contributed by atoms with van der Waals surface area (Å²) in [5, 5.41) is 0. The molecule has 1 aliphatic rings. The Labute approximate surface area is 196 Å². The third kappa shape index (κ3) is 7.15. The van der Waals surface area contributed by atoms with Gasteiger partial charge in [0.05, 0.1) is 24.9 Å². The molecule has 3 nitrogen and oxygen atoms in total. The number of hydrogen-bond acceptors (Lipinski definition) is 3. The van der Waals surface area contributed by atoms with Crippen LogP contribution in [0.3, 0.4) is 0 Å². The van der Waals surface area contributed by atoms with Gasteiger partial charge >= 0.3 is 0 Å². The van der Waals surface area contributed by atoms with Crippen LogP contribution in [0.1, 0.15) is 69.4 Å². The van der Waals surface area contributed by atoms with Crippen molar-refractivity contribution < 1.29 is 9.47 Å². The molecule has 2 aromatic carbocycles. The summed E-state index contributed by atoms with van der Waals surface area (Å²) >= 11 is 3.90. The third-order valence-electron chi connectivity index (χ3n) is 6.43. The van der Waals surface area contributed by atoms with Crippen LogP contribution >= 0.6 is 15.9 Å². The Morgan fingerprint density at radius 3 is 2.00 bits per heavy atom. The van der Waals surface area contributed by atoms with Gasteiger partial charge in [-0.1, -0.05) is 122 Å². The monoisotopic (exact) mass is 487 g/mol. The maximum atomic E-state index is 7.06. The number of unbranched alkanes of at least 4 members (excludes halogenated alkanes) is 5. The quantitative estimate of drug-likeness (QED) is 0.250. The molecular weight excluding hydrogens is 450 g/mol. The summed E-state index contributed by atoms with van der Waals surface area (Å²) < 4.78 is 12.9. The van der Waals surface area contributed by atoms with Crippen LogP contribution in [0, 0.1) is 0 Å². The van der Waals surface area contributed by atoms with Gasteiger partial charge in [-0.05, 0) is 24.0 Å². The van der Waals surface area contributed by atoms with E-state index in [0.29, 0.717) is 13.2 Å². The SMILES string of the molecule is CCCCCCCCC1(N)C(Br)CC(OCc2ccccc2)C1OCc1ccccc1. The first-order chi connectivity index (χ1) is 15.1. The largest absolute Gasteiger partial charge is 0.371 e. The lowest BCUT2D eigenvalue weighted by molar-refractivity contribution is -0.0907. The molecule has 0 heterocycles. The normalized spacial score (nSPS) is 25.7. The number of benzene rings is 2. The summed E-state index contributed by atoms with van der Waals surface area (Å²) in [5.74, 6) is 0. The summed E-state index contributed by atoms with van der Waals surface area (Å²) in [6.45, 7) is 3.41. The standard InChI is InChI=1S/C27H38BrNO2/c1-2-3-4-5-6-13-18-27(29)25(28)19-24(30-20-22-14-9-7-10-15-22)26(27)31-21-23-16-11-8-12-17-23/h7-12,14-17,24-26H,2-6,13,18-21,29H2,1H3. The van der Waals surface area contributed by atoms with Crippen molar-refractivity contribution in [3.8, 4) is 0 Å². The van der Waals surface area contributed by atoms with Crippen molar-refractivity contribution >= 4 is 15.9 Å². The van der Waals surface area contributed by atoms with E-state index in [0.717, 1.165) is 19.3 Å². The van der Waals surface area contributed by atoms with Gasteiger partial charge in [-0.2, -0.15) is 0 Å². The van der Waals surface area contributed by atoms with Gasteiger partial charge in [0.15, 0.2) is 0 Å². The predicted octanol–water partition coefficient (Wildman–Crippen LogP) is 6.77. The molecule has 1 fully saturated rings. The fraction of sp³-hybridized carbons (Fsp3) is 0.556. The summed E-state index contributed by atoms with van der Waals surface area (Å²) in [4.78, 5) is 0.192. The lowest BCUT2D eigenvalue weighted by atomic mass is 9.88. The first-order valence-corrected chi connectivity index (χ1v) is 12.8. The minimum atomic E-state index is -0.416. The summed E-state index contributed by atoms with van der Waals surface area (Å²) in [6.07, 6.45) is 9.28. The second kappa shape index (κ2) is 12.7. The highest BCUT2D eigenvalue weighted by molar-refractivity contribution is 9.09. The van der Waals surface area contributed by atoms with Crippen molar-refractivity contribution in [3.63, 3.8) is 0 Å². The highest BCUT2D eigenvalue weighted by Gasteiger charge is 2.52. The Bertz CT molecular complexity index is 741. The van der Waals surface area contributed by atoms with Crippen LogP contribution in [-0.2, 0) is 22.7 Å². The molecule has 1 saturated carbocycles. The van der Waals surface area contributed by atoms with E-state index in [1.165, 1.54) is 43.2 Å². The van der Waals surface area contributed by atoms with E-state index < -0.39 is 5.54 Å². The van der Waals surface area contributed by atoms with E-state index in [9.17, 15) is 0 Å². The second-order valence-electron chi connectivity index (χ2n) is 8.89. The van der Waals surface area contributed by atoms with Crippen molar-refractivity contribution in [3.05, 3.63) is 71.8 Å². The van der Waals surface area contributed by atoms with Gasteiger partial charge in [0, 0.05) is 4.83 Å². The molecule has 2 aromatic rings. The molecule has 0 spiro atoms.